The number of carboxylic acid groups (broad SMARTS) is 1. The number of primary amides is 1. The van der Waals surface area contributed by atoms with Crippen LogP contribution in [0.3, 0.4) is 0 Å². The number of thiophene rings is 1. The van der Waals surface area contributed by atoms with Crippen LogP contribution in [0.15, 0.2) is 17.5 Å². The van der Waals surface area contributed by atoms with E-state index in [2.05, 4.69) is 10.6 Å². The van der Waals surface area contributed by atoms with Crippen LogP contribution in [0.1, 0.15) is 24.8 Å². The van der Waals surface area contributed by atoms with E-state index < -0.39 is 29.5 Å². The van der Waals surface area contributed by atoms with Gasteiger partial charge in [0.25, 0.3) is 0 Å². The van der Waals surface area contributed by atoms with Gasteiger partial charge in [-0.3, -0.25) is 4.79 Å². The summed E-state index contributed by atoms with van der Waals surface area (Å²) in [7, 11) is 0. The summed E-state index contributed by atoms with van der Waals surface area (Å²) in [5, 5.41) is 15.4. The minimum atomic E-state index is -1.26. The second-order valence-corrected chi connectivity index (χ2v) is 5.35. The Balaban J connectivity index is 2.74. The van der Waals surface area contributed by atoms with Crippen LogP contribution in [0.2, 0.25) is 0 Å². The molecule has 0 saturated heterocycles. The van der Waals surface area contributed by atoms with Gasteiger partial charge in [-0.05, 0) is 25.3 Å². The zero-order valence-electron chi connectivity index (χ0n) is 10.5. The number of carbonyl (C=O) groups is 3. The molecule has 3 amide bonds. The summed E-state index contributed by atoms with van der Waals surface area (Å²) in [5.74, 6) is -1.90. The van der Waals surface area contributed by atoms with Crippen LogP contribution in [-0.4, -0.2) is 28.6 Å². The van der Waals surface area contributed by atoms with Crippen LogP contribution in [0.25, 0.3) is 0 Å². The fourth-order valence-corrected chi connectivity index (χ4v) is 1.99. The summed E-state index contributed by atoms with van der Waals surface area (Å²) in [6, 6.07) is 1.35. The van der Waals surface area contributed by atoms with Gasteiger partial charge in [0.1, 0.15) is 5.54 Å². The third kappa shape index (κ3) is 3.95. The van der Waals surface area contributed by atoms with Gasteiger partial charge < -0.3 is 21.5 Å². The number of carbonyl (C=O) groups excluding carboxylic acids is 2. The molecule has 1 aromatic heterocycles. The molecular formula is C11H15N3O4S. The van der Waals surface area contributed by atoms with Crippen LogP contribution >= 0.6 is 11.3 Å². The Morgan fingerprint density at radius 2 is 2.05 bits per heavy atom. The maximum atomic E-state index is 11.7. The number of carboxylic acids is 1. The van der Waals surface area contributed by atoms with E-state index >= 15 is 0 Å². The van der Waals surface area contributed by atoms with Gasteiger partial charge in [-0.15, -0.1) is 11.3 Å². The van der Waals surface area contributed by atoms with Crippen molar-refractivity contribution >= 4 is 29.2 Å². The topological polar surface area (TPSA) is 122 Å². The predicted molar refractivity (Wildman–Crippen MR) is 69.6 cm³/mol. The van der Waals surface area contributed by atoms with Gasteiger partial charge in [-0.1, -0.05) is 6.07 Å². The lowest BCUT2D eigenvalue weighted by Gasteiger charge is -2.23. The maximum absolute atomic E-state index is 11.7. The molecule has 1 rings (SSSR count). The molecule has 0 aliphatic heterocycles. The molecule has 0 fully saturated rings. The lowest BCUT2D eigenvalue weighted by Crippen LogP contribution is -2.56. The molecule has 0 saturated carbocycles. The van der Waals surface area contributed by atoms with E-state index in [-0.39, 0.29) is 0 Å². The first-order valence-corrected chi connectivity index (χ1v) is 6.27. The summed E-state index contributed by atoms with van der Waals surface area (Å²) >= 11 is 1.21. The molecule has 8 heteroatoms. The number of hydrogen-bond acceptors (Lipinski definition) is 4. The fraction of sp³-hybridized carbons (Fsp3) is 0.364. The molecule has 19 heavy (non-hydrogen) atoms. The largest absolute Gasteiger partial charge is 0.479 e. The lowest BCUT2D eigenvalue weighted by molar-refractivity contribution is -0.139. The van der Waals surface area contributed by atoms with Crippen molar-refractivity contribution in [2.75, 3.05) is 0 Å². The van der Waals surface area contributed by atoms with E-state index in [4.69, 9.17) is 10.8 Å². The standard InChI is InChI=1S/C11H15N3O4S/c1-11(2,9(12)17)14-10(18)13-7(8(15)16)6-4-3-5-19-6/h3-5,7H,1-2H3,(H2,12,17)(H,15,16)(H2,13,14,18). The monoisotopic (exact) mass is 285 g/mol. The van der Waals surface area contributed by atoms with Gasteiger partial charge >= 0.3 is 12.0 Å². The number of amides is 3. The van der Waals surface area contributed by atoms with Crippen molar-refractivity contribution < 1.29 is 19.5 Å². The van der Waals surface area contributed by atoms with E-state index in [1.807, 2.05) is 0 Å². The van der Waals surface area contributed by atoms with Crippen molar-refractivity contribution in [3.05, 3.63) is 22.4 Å². The molecule has 1 atom stereocenters. The van der Waals surface area contributed by atoms with Crippen LogP contribution in [0, 0.1) is 0 Å². The van der Waals surface area contributed by atoms with Gasteiger partial charge in [0.2, 0.25) is 5.91 Å². The zero-order valence-corrected chi connectivity index (χ0v) is 11.3. The first kappa shape index (κ1) is 15.0. The minimum absolute atomic E-state index is 0.486. The fourth-order valence-electron chi connectivity index (χ4n) is 1.22. The average Bonchev–Trinajstić information content (AvgIpc) is 2.77. The maximum Gasteiger partial charge on any atom is 0.331 e. The molecule has 5 N–H and O–H groups in total. The molecule has 1 heterocycles. The van der Waals surface area contributed by atoms with Crippen molar-refractivity contribution in [3.8, 4) is 0 Å². The summed E-state index contributed by atoms with van der Waals surface area (Å²) in [6.07, 6.45) is 0. The van der Waals surface area contributed by atoms with E-state index in [0.717, 1.165) is 0 Å². The summed E-state index contributed by atoms with van der Waals surface area (Å²) in [5.41, 5.74) is 3.85. The lowest BCUT2D eigenvalue weighted by atomic mass is 10.1. The van der Waals surface area contributed by atoms with Gasteiger partial charge in [-0.2, -0.15) is 0 Å². The highest BCUT2D eigenvalue weighted by molar-refractivity contribution is 7.10. The highest BCUT2D eigenvalue weighted by atomic mass is 32.1. The molecular weight excluding hydrogens is 270 g/mol. The third-order valence-corrected chi connectivity index (χ3v) is 3.33. The number of nitrogens with two attached hydrogens (primary N) is 1. The number of hydrogen-bond donors (Lipinski definition) is 4. The SMILES string of the molecule is CC(C)(NC(=O)NC(C(=O)O)c1cccs1)C(N)=O. The Labute approximate surface area is 113 Å². The van der Waals surface area contributed by atoms with Gasteiger partial charge in [0, 0.05) is 4.88 Å². The first-order chi connectivity index (χ1) is 8.74. The van der Waals surface area contributed by atoms with Crippen molar-refractivity contribution in [3.63, 3.8) is 0 Å². The highest BCUT2D eigenvalue weighted by Crippen LogP contribution is 2.19. The van der Waals surface area contributed by atoms with Crippen LogP contribution in [0.4, 0.5) is 4.79 Å². The number of nitrogens with one attached hydrogen (secondary N) is 2. The second-order valence-electron chi connectivity index (χ2n) is 4.37. The minimum Gasteiger partial charge on any atom is -0.479 e. The Bertz CT molecular complexity index is 484. The van der Waals surface area contributed by atoms with E-state index in [9.17, 15) is 14.4 Å². The van der Waals surface area contributed by atoms with Gasteiger partial charge in [0.15, 0.2) is 6.04 Å². The Hall–Kier alpha value is -2.09. The molecule has 0 spiro atoms. The van der Waals surface area contributed by atoms with Crippen molar-refractivity contribution in [1.82, 2.24) is 10.6 Å². The molecule has 0 radical (unpaired) electrons. The zero-order chi connectivity index (χ0) is 14.6. The highest BCUT2D eigenvalue weighted by Gasteiger charge is 2.29. The molecule has 104 valence electrons. The molecule has 1 aromatic rings. The Kier molecular flexibility index (Phi) is 4.49. The molecule has 0 bridgehead atoms. The van der Waals surface area contributed by atoms with Crippen LogP contribution in [-0.2, 0) is 9.59 Å². The number of aliphatic carboxylic acids is 1. The second kappa shape index (κ2) is 5.70. The van der Waals surface area contributed by atoms with E-state index in [0.29, 0.717) is 4.88 Å². The number of rotatable bonds is 5. The molecule has 0 aliphatic carbocycles. The summed E-state index contributed by atoms with van der Waals surface area (Å²) in [4.78, 5) is 34.3. The van der Waals surface area contributed by atoms with Crippen LogP contribution in [0.5, 0.6) is 0 Å². The molecule has 0 aliphatic rings. The number of urea groups is 1. The Morgan fingerprint density at radius 3 is 2.47 bits per heavy atom. The van der Waals surface area contributed by atoms with Crippen molar-refractivity contribution in [2.45, 2.75) is 25.4 Å². The molecule has 1 unspecified atom stereocenters. The van der Waals surface area contributed by atoms with Crippen molar-refractivity contribution in [1.29, 1.82) is 0 Å². The quantitative estimate of drug-likeness (QED) is 0.627. The Morgan fingerprint density at radius 1 is 1.42 bits per heavy atom. The third-order valence-electron chi connectivity index (χ3n) is 2.39. The van der Waals surface area contributed by atoms with Crippen molar-refractivity contribution in [2.24, 2.45) is 5.73 Å². The normalized spacial score (nSPS) is 12.5. The molecule has 7 nitrogen and oxygen atoms in total. The van der Waals surface area contributed by atoms with E-state index in [1.54, 1.807) is 17.5 Å². The van der Waals surface area contributed by atoms with Gasteiger partial charge in [0.05, 0.1) is 0 Å². The summed E-state index contributed by atoms with van der Waals surface area (Å²) < 4.78 is 0. The predicted octanol–water partition coefficient (Wildman–Crippen LogP) is 0.437. The average molecular weight is 285 g/mol. The smallest absolute Gasteiger partial charge is 0.331 e. The summed E-state index contributed by atoms with van der Waals surface area (Å²) in [6.45, 7) is 2.85. The van der Waals surface area contributed by atoms with Gasteiger partial charge in [-0.25, -0.2) is 9.59 Å². The molecule has 0 aromatic carbocycles. The first-order valence-electron chi connectivity index (χ1n) is 5.39. The van der Waals surface area contributed by atoms with E-state index in [1.165, 1.54) is 25.2 Å². The van der Waals surface area contributed by atoms with Crippen LogP contribution < -0.4 is 16.4 Å².